The Hall–Kier alpha value is -2.36. The standard InChI is InChI=1S/C14H13NO3/c1-9-12(8-16)13(14(17)18)10(2)15(9)11-6-4-3-5-7-11/h3-8H,1-2H3,(H,17,18). The van der Waals surface area contributed by atoms with Crippen molar-refractivity contribution >= 4 is 12.3 Å². The molecular formula is C14H13NO3. The Morgan fingerprint density at radius 3 is 2.22 bits per heavy atom. The fraction of sp³-hybridized carbons (Fsp3) is 0.143. The van der Waals surface area contributed by atoms with Crippen LogP contribution in [0.25, 0.3) is 5.69 Å². The van der Waals surface area contributed by atoms with Gasteiger partial charge in [-0.25, -0.2) is 4.79 Å². The van der Waals surface area contributed by atoms with Crippen LogP contribution in [0.3, 0.4) is 0 Å². The predicted molar refractivity (Wildman–Crippen MR) is 67.6 cm³/mol. The Morgan fingerprint density at radius 2 is 1.78 bits per heavy atom. The fourth-order valence-corrected chi connectivity index (χ4v) is 2.24. The zero-order valence-corrected chi connectivity index (χ0v) is 10.2. The summed E-state index contributed by atoms with van der Waals surface area (Å²) in [4.78, 5) is 22.3. The molecule has 0 unspecified atom stereocenters. The van der Waals surface area contributed by atoms with Gasteiger partial charge in [-0.05, 0) is 26.0 Å². The lowest BCUT2D eigenvalue weighted by atomic mass is 10.1. The van der Waals surface area contributed by atoms with Gasteiger partial charge in [0.1, 0.15) is 0 Å². The summed E-state index contributed by atoms with van der Waals surface area (Å²) in [6.07, 6.45) is 0.602. The molecule has 0 saturated heterocycles. The summed E-state index contributed by atoms with van der Waals surface area (Å²) in [5.74, 6) is -1.08. The van der Waals surface area contributed by atoms with E-state index in [4.69, 9.17) is 0 Å². The molecule has 0 aliphatic carbocycles. The molecule has 2 rings (SSSR count). The number of nitrogens with zero attached hydrogens (tertiary/aromatic N) is 1. The van der Waals surface area contributed by atoms with Crippen LogP contribution in [0.1, 0.15) is 32.1 Å². The summed E-state index contributed by atoms with van der Waals surface area (Å²) in [7, 11) is 0. The zero-order valence-electron chi connectivity index (χ0n) is 10.2. The maximum Gasteiger partial charge on any atom is 0.338 e. The Labute approximate surface area is 104 Å². The van der Waals surface area contributed by atoms with E-state index in [0.717, 1.165) is 5.69 Å². The highest BCUT2D eigenvalue weighted by molar-refractivity contribution is 5.99. The number of rotatable bonds is 3. The lowest BCUT2D eigenvalue weighted by Gasteiger charge is -2.08. The SMILES string of the molecule is Cc1c(C=O)c(C(=O)O)c(C)n1-c1ccccc1. The highest BCUT2D eigenvalue weighted by Gasteiger charge is 2.22. The largest absolute Gasteiger partial charge is 0.478 e. The van der Waals surface area contributed by atoms with Crippen LogP contribution in [-0.4, -0.2) is 21.9 Å². The molecule has 0 spiro atoms. The number of carbonyl (C=O) groups is 2. The predicted octanol–water partition coefficient (Wildman–Crippen LogP) is 2.60. The first-order chi connectivity index (χ1) is 8.57. The molecule has 2 aromatic rings. The number of carboxylic acids is 1. The molecule has 0 amide bonds. The van der Waals surface area contributed by atoms with Crippen LogP contribution in [0.15, 0.2) is 30.3 Å². The Bertz CT molecular complexity index is 612. The molecule has 1 N–H and O–H groups in total. The van der Waals surface area contributed by atoms with E-state index in [0.29, 0.717) is 17.7 Å². The second kappa shape index (κ2) is 4.49. The minimum absolute atomic E-state index is 0.0753. The monoisotopic (exact) mass is 243 g/mol. The van der Waals surface area contributed by atoms with Crippen LogP contribution < -0.4 is 0 Å². The van der Waals surface area contributed by atoms with Crippen molar-refractivity contribution in [3.05, 3.63) is 52.8 Å². The molecule has 0 saturated carbocycles. The molecule has 1 aromatic carbocycles. The van der Waals surface area contributed by atoms with Gasteiger partial charge in [-0.1, -0.05) is 18.2 Å². The lowest BCUT2D eigenvalue weighted by Crippen LogP contribution is -2.02. The third-order valence-electron chi connectivity index (χ3n) is 3.04. The van der Waals surface area contributed by atoms with Gasteiger partial charge in [-0.2, -0.15) is 0 Å². The van der Waals surface area contributed by atoms with Crippen molar-refractivity contribution in [2.75, 3.05) is 0 Å². The molecule has 0 aliphatic heterocycles. The summed E-state index contributed by atoms with van der Waals surface area (Å²) in [5.41, 5.74) is 2.37. The average Bonchev–Trinajstić information content (AvgIpc) is 2.61. The van der Waals surface area contributed by atoms with Gasteiger partial charge in [0.2, 0.25) is 0 Å². The number of aromatic nitrogens is 1. The van der Waals surface area contributed by atoms with Crippen LogP contribution in [0, 0.1) is 13.8 Å². The number of para-hydroxylation sites is 1. The van der Waals surface area contributed by atoms with E-state index in [2.05, 4.69) is 0 Å². The fourth-order valence-electron chi connectivity index (χ4n) is 2.24. The smallest absolute Gasteiger partial charge is 0.338 e. The second-order valence-electron chi connectivity index (χ2n) is 4.05. The van der Waals surface area contributed by atoms with Crippen molar-refractivity contribution in [2.45, 2.75) is 13.8 Å². The van der Waals surface area contributed by atoms with Gasteiger partial charge in [0, 0.05) is 17.1 Å². The molecule has 18 heavy (non-hydrogen) atoms. The number of hydrogen-bond donors (Lipinski definition) is 1. The van der Waals surface area contributed by atoms with Crippen LogP contribution in [0.4, 0.5) is 0 Å². The van der Waals surface area contributed by atoms with Gasteiger partial charge in [0.05, 0.1) is 11.1 Å². The number of aromatic carboxylic acids is 1. The minimum Gasteiger partial charge on any atom is -0.478 e. The number of benzene rings is 1. The molecule has 92 valence electrons. The molecule has 0 fully saturated rings. The van der Waals surface area contributed by atoms with Crippen molar-refractivity contribution in [3.63, 3.8) is 0 Å². The topological polar surface area (TPSA) is 59.3 Å². The van der Waals surface area contributed by atoms with Crippen LogP contribution in [0.5, 0.6) is 0 Å². The molecule has 1 heterocycles. The molecule has 0 atom stereocenters. The third kappa shape index (κ3) is 1.72. The van der Waals surface area contributed by atoms with E-state index in [-0.39, 0.29) is 11.1 Å². The highest BCUT2D eigenvalue weighted by Crippen LogP contribution is 2.24. The quantitative estimate of drug-likeness (QED) is 0.843. The van der Waals surface area contributed by atoms with E-state index in [1.165, 1.54) is 0 Å². The molecule has 4 nitrogen and oxygen atoms in total. The second-order valence-corrected chi connectivity index (χ2v) is 4.05. The normalized spacial score (nSPS) is 10.3. The van der Waals surface area contributed by atoms with Crippen molar-refractivity contribution < 1.29 is 14.7 Å². The van der Waals surface area contributed by atoms with Crippen molar-refractivity contribution in [3.8, 4) is 5.69 Å². The number of carbonyl (C=O) groups excluding carboxylic acids is 1. The number of hydrogen-bond acceptors (Lipinski definition) is 2. The van der Waals surface area contributed by atoms with Gasteiger partial charge in [-0.3, -0.25) is 4.79 Å². The average molecular weight is 243 g/mol. The first kappa shape index (κ1) is 12.1. The van der Waals surface area contributed by atoms with Crippen LogP contribution in [-0.2, 0) is 0 Å². The molecule has 4 heteroatoms. The highest BCUT2D eigenvalue weighted by atomic mass is 16.4. The first-order valence-electron chi connectivity index (χ1n) is 5.53. The van der Waals surface area contributed by atoms with E-state index >= 15 is 0 Å². The Balaban J connectivity index is 2.78. The van der Waals surface area contributed by atoms with Gasteiger partial charge >= 0.3 is 5.97 Å². The number of carboxylic acid groups (broad SMARTS) is 1. The van der Waals surface area contributed by atoms with Crippen molar-refractivity contribution in [1.29, 1.82) is 0 Å². The summed E-state index contributed by atoms with van der Waals surface area (Å²) >= 11 is 0. The van der Waals surface area contributed by atoms with E-state index < -0.39 is 5.97 Å². The Morgan fingerprint density at radius 1 is 1.17 bits per heavy atom. The van der Waals surface area contributed by atoms with E-state index in [1.807, 2.05) is 30.3 Å². The van der Waals surface area contributed by atoms with Crippen LogP contribution in [0.2, 0.25) is 0 Å². The molecule has 0 aliphatic rings. The molecule has 0 radical (unpaired) electrons. The molecular weight excluding hydrogens is 230 g/mol. The van der Waals surface area contributed by atoms with Gasteiger partial charge < -0.3 is 9.67 Å². The zero-order chi connectivity index (χ0) is 13.3. The maximum atomic E-state index is 11.2. The van der Waals surface area contributed by atoms with Crippen LogP contribution >= 0.6 is 0 Å². The third-order valence-corrected chi connectivity index (χ3v) is 3.04. The summed E-state index contributed by atoms with van der Waals surface area (Å²) in [6.45, 7) is 3.45. The summed E-state index contributed by atoms with van der Waals surface area (Å²) in [6, 6.07) is 9.38. The molecule has 0 bridgehead atoms. The number of aldehydes is 1. The van der Waals surface area contributed by atoms with E-state index in [1.54, 1.807) is 18.4 Å². The summed E-state index contributed by atoms with van der Waals surface area (Å²) < 4.78 is 1.78. The van der Waals surface area contributed by atoms with Gasteiger partial charge in [0.25, 0.3) is 0 Å². The summed E-state index contributed by atoms with van der Waals surface area (Å²) in [5, 5.41) is 9.19. The molecule has 1 aromatic heterocycles. The lowest BCUT2D eigenvalue weighted by molar-refractivity contribution is 0.0693. The Kier molecular flexibility index (Phi) is 3.02. The van der Waals surface area contributed by atoms with Crippen molar-refractivity contribution in [1.82, 2.24) is 4.57 Å². The van der Waals surface area contributed by atoms with Gasteiger partial charge in [0.15, 0.2) is 6.29 Å². The van der Waals surface area contributed by atoms with Crippen molar-refractivity contribution in [2.24, 2.45) is 0 Å². The first-order valence-corrected chi connectivity index (χ1v) is 5.53. The van der Waals surface area contributed by atoms with E-state index in [9.17, 15) is 14.7 Å². The maximum absolute atomic E-state index is 11.2. The van der Waals surface area contributed by atoms with Gasteiger partial charge in [-0.15, -0.1) is 0 Å². The minimum atomic E-state index is -1.08.